The molecule has 0 aromatic heterocycles. The summed E-state index contributed by atoms with van der Waals surface area (Å²) in [6.07, 6.45) is 0.328. The molecule has 1 aromatic rings. The van der Waals surface area contributed by atoms with Crippen molar-refractivity contribution in [2.45, 2.75) is 12.5 Å². The topological polar surface area (TPSA) is 144 Å². The second-order valence-corrected chi connectivity index (χ2v) is 6.93. The molecule has 1 aliphatic heterocycles. The molecule has 1 saturated heterocycles. The van der Waals surface area contributed by atoms with Crippen LogP contribution in [-0.4, -0.2) is 36.8 Å². The summed E-state index contributed by atoms with van der Waals surface area (Å²) < 4.78 is 22.7. The van der Waals surface area contributed by atoms with Gasteiger partial charge in [-0.05, 0) is 12.5 Å². The lowest BCUT2D eigenvalue weighted by molar-refractivity contribution is -0.384. The largest absolute Gasteiger partial charge is 0.348 e. The first kappa shape index (κ1) is 15.2. The van der Waals surface area contributed by atoms with Gasteiger partial charge in [-0.3, -0.25) is 20.8 Å². The zero-order chi connectivity index (χ0) is 15.6. The van der Waals surface area contributed by atoms with E-state index in [9.17, 15) is 23.3 Å². The number of hydrogen-bond acceptors (Lipinski definition) is 7. The first-order valence-corrected chi connectivity index (χ1v) is 7.91. The Morgan fingerprint density at radius 3 is 2.67 bits per heavy atom. The Hall–Kier alpha value is -2.20. The lowest BCUT2D eigenvalue weighted by atomic mass is 10.1. The van der Waals surface area contributed by atoms with Crippen molar-refractivity contribution >= 4 is 27.1 Å². The van der Waals surface area contributed by atoms with Gasteiger partial charge in [-0.15, -0.1) is 0 Å². The molecule has 0 bridgehead atoms. The van der Waals surface area contributed by atoms with Crippen molar-refractivity contribution in [2.24, 2.45) is 5.84 Å². The Kier molecular flexibility index (Phi) is 4.09. The normalized spacial score (nSPS) is 20.0. The van der Waals surface area contributed by atoms with Crippen LogP contribution in [0.5, 0.6) is 0 Å². The van der Waals surface area contributed by atoms with Crippen LogP contribution in [0.2, 0.25) is 0 Å². The van der Waals surface area contributed by atoms with Crippen molar-refractivity contribution < 1.29 is 18.1 Å². The van der Waals surface area contributed by atoms with Gasteiger partial charge in [0, 0.05) is 18.2 Å². The lowest BCUT2D eigenvalue weighted by Crippen LogP contribution is -2.36. The number of nitrogens with zero attached hydrogens (tertiary/aromatic N) is 1. The number of non-ortho nitro benzene ring substituents is 1. The van der Waals surface area contributed by atoms with Gasteiger partial charge < -0.3 is 10.7 Å². The molecule has 114 valence electrons. The lowest BCUT2D eigenvalue weighted by Gasteiger charge is -2.13. The first-order valence-electron chi connectivity index (χ1n) is 6.09. The van der Waals surface area contributed by atoms with Crippen LogP contribution in [0.15, 0.2) is 18.2 Å². The fourth-order valence-corrected chi connectivity index (χ4v) is 3.80. The van der Waals surface area contributed by atoms with E-state index in [0.29, 0.717) is 6.42 Å². The number of sulfone groups is 1. The molecule has 4 N–H and O–H groups in total. The molecule has 21 heavy (non-hydrogen) atoms. The Balaban J connectivity index is 2.22. The molecule has 9 nitrogen and oxygen atoms in total. The van der Waals surface area contributed by atoms with Crippen molar-refractivity contribution in [3.8, 4) is 0 Å². The van der Waals surface area contributed by atoms with Crippen molar-refractivity contribution in [1.29, 1.82) is 0 Å². The van der Waals surface area contributed by atoms with Gasteiger partial charge in [-0.1, -0.05) is 0 Å². The molecule has 1 heterocycles. The van der Waals surface area contributed by atoms with Crippen molar-refractivity contribution in [3.05, 3.63) is 33.9 Å². The number of hydrogen-bond donors (Lipinski definition) is 3. The van der Waals surface area contributed by atoms with Gasteiger partial charge in [0.1, 0.15) is 0 Å². The summed E-state index contributed by atoms with van der Waals surface area (Å²) in [4.78, 5) is 22.3. The van der Waals surface area contributed by atoms with Gasteiger partial charge >= 0.3 is 0 Å². The summed E-state index contributed by atoms with van der Waals surface area (Å²) in [5.41, 5.74) is 2.25. The van der Waals surface area contributed by atoms with E-state index in [-0.39, 0.29) is 28.4 Å². The third kappa shape index (κ3) is 3.47. The number of nitrogen functional groups attached to an aromatic ring is 1. The van der Waals surface area contributed by atoms with E-state index >= 15 is 0 Å². The smallest absolute Gasteiger partial charge is 0.270 e. The summed E-state index contributed by atoms with van der Waals surface area (Å²) in [5, 5.41) is 13.3. The van der Waals surface area contributed by atoms with Gasteiger partial charge in [0.15, 0.2) is 9.84 Å². The van der Waals surface area contributed by atoms with Gasteiger partial charge in [0.05, 0.1) is 27.7 Å². The highest BCUT2D eigenvalue weighted by Crippen LogP contribution is 2.22. The van der Waals surface area contributed by atoms with Crippen LogP contribution >= 0.6 is 0 Å². The Bertz CT molecular complexity index is 688. The van der Waals surface area contributed by atoms with Gasteiger partial charge in [0.25, 0.3) is 11.6 Å². The summed E-state index contributed by atoms with van der Waals surface area (Å²) in [5.74, 6) is 4.56. The first-order chi connectivity index (χ1) is 9.82. The van der Waals surface area contributed by atoms with Crippen molar-refractivity contribution in [2.75, 3.05) is 16.9 Å². The van der Waals surface area contributed by atoms with Crippen LogP contribution in [0.3, 0.4) is 0 Å². The Morgan fingerprint density at radius 1 is 1.43 bits per heavy atom. The number of hydrazine groups is 1. The number of carbonyl (C=O) groups excluding carboxylic acids is 1. The minimum atomic E-state index is -3.12. The van der Waals surface area contributed by atoms with Crippen LogP contribution in [0.1, 0.15) is 16.8 Å². The maximum Gasteiger partial charge on any atom is 0.270 e. The molecule has 1 atom stereocenters. The number of anilines is 1. The number of amides is 1. The predicted octanol–water partition coefficient (Wildman–Crippen LogP) is -0.203. The third-order valence-electron chi connectivity index (χ3n) is 3.18. The van der Waals surface area contributed by atoms with Crippen LogP contribution in [0, 0.1) is 10.1 Å². The fourth-order valence-electron chi connectivity index (χ4n) is 2.13. The number of nitrogens with two attached hydrogens (primary N) is 1. The summed E-state index contributed by atoms with van der Waals surface area (Å²) in [7, 11) is -3.12. The average Bonchev–Trinajstić information content (AvgIpc) is 2.76. The van der Waals surface area contributed by atoms with Crippen LogP contribution < -0.4 is 16.6 Å². The number of nitro benzene ring substituents is 1. The average molecular weight is 314 g/mol. The van der Waals surface area contributed by atoms with Gasteiger partial charge in [-0.25, -0.2) is 8.42 Å². The maximum atomic E-state index is 12.1. The number of carbonyl (C=O) groups is 1. The molecule has 1 aliphatic rings. The fraction of sp³-hybridized carbons (Fsp3) is 0.364. The van der Waals surface area contributed by atoms with E-state index < -0.39 is 26.7 Å². The molecule has 0 aliphatic carbocycles. The summed E-state index contributed by atoms with van der Waals surface area (Å²) >= 11 is 0. The number of rotatable bonds is 4. The van der Waals surface area contributed by atoms with Crippen LogP contribution in [0.25, 0.3) is 0 Å². The highest BCUT2D eigenvalue weighted by atomic mass is 32.2. The molecule has 10 heteroatoms. The maximum absolute atomic E-state index is 12.1. The van der Waals surface area contributed by atoms with Gasteiger partial charge in [-0.2, -0.15) is 0 Å². The SMILES string of the molecule is NNc1ccc([N+](=O)[O-])cc1C(=O)NC1CCS(=O)(=O)C1. The highest BCUT2D eigenvalue weighted by molar-refractivity contribution is 7.91. The summed E-state index contributed by atoms with van der Waals surface area (Å²) in [6.45, 7) is 0. The molecular weight excluding hydrogens is 300 g/mol. The second kappa shape index (κ2) is 5.66. The molecule has 0 saturated carbocycles. The van der Waals surface area contributed by atoms with E-state index in [4.69, 9.17) is 5.84 Å². The molecule has 1 fully saturated rings. The molecule has 1 amide bonds. The molecule has 0 radical (unpaired) electrons. The van der Waals surface area contributed by atoms with Gasteiger partial charge in [0.2, 0.25) is 0 Å². The number of benzene rings is 1. The second-order valence-electron chi connectivity index (χ2n) is 4.70. The summed E-state index contributed by atoms with van der Waals surface area (Å²) in [6, 6.07) is 3.13. The monoisotopic (exact) mass is 314 g/mol. The standard InChI is InChI=1S/C11H14N4O5S/c12-14-10-2-1-8(15(17)18)5-9(10)11(16)13-7-3-4-21(19,20)6-7/h1-2,5,7,14H,3-4,6,12H2,(H,13,16). The van der Waals surface area contributed by atoms with Crippen LogP contribution in [0.4, 0.5) is 11.4 Å². The third-order valence-corrected chi connectivity index (χ3v) is 4.95. The van der Waals surface area contributed by atoms with E-state index in [2.05, 4.69) is 10.7 Å². The minimum absolute atomic E-state index is 0.00371. The van der Waals surface area contributed by atoms with E-state index in [0.717, 1.165) is 6.07 Å². The van der Waals surface area contributed by atoms with Crippen molar-refractivity contribution in [3.63, 3.8) is 0 Å². The molecule has 0 spiro atoms. The predicted molar refractivity (Wildman–Crippen MR) is 75.4 cm³/mol. The zero-order valence-electron chi connectivity index (χ0n) is 10.9. The minimum Gasteiger partial charge on any atom is -0.348 e. The molecule has 1 unspecified atom stereocenters. The van der Waals surface area contributed by atoms with E-state index in [1.165, 1.54) is 12.1 Å². The van der Waals surface area contributed by atoms with E-state index in [1.54, 1.807) is 0 Å². The van der Waals surface area contributed by atoms with E-state index in [1.807, 2.05) is 0 Å². The number of nitro groups is 1. The quantitative estimate of drug-likeness (QED) is 0.396. The van der Waals surface area contributed by atoms with Crippen molar-refractivity contribution in [1.82, 2.24) is 5.32 Å². The molecule has 1 aromatic carbocycles. The zero-order valence-corrected chi connectivity index (χ0v) is 11.7. The Labute approximate surface area is 120 Å². The molecule has 2 rings (SSSR count). The van der Waals surface area contributed by atoms with Crippen LogP contribution in [-0.2, 0) is 9.84 Å². The highest BCUT2D eigenvalue weighted by Gasteiger charge is 2.29. The molecular formula is C11H14N4O5S. The Morgan fingerprint density at radius 2 is 2.14 bits per heavy atom. The number of nitrogens with one attached hydrogen (secondary N) is 2.